The molecular weight excluding hydrogens is 464 g/mol. The van der Waals surface area contributed by atoms with Gasteiger partial charge in [0.15, 0.2) is 0 Å². The predicted octanol–water partition coefficient (Wildman–Crippen LogP) is 6.13. The number of nitrogens with zero attached hydrogens (tertiary/aromatic N) is 4. The summed E-state index contributed by atoms with van der Waals surface area (Å²) in [5.74, 6) is 3.42. The number of rotatable bonds is 4. The molecule has 1 saturated heterocycles. The van der Waals surface area contributed by atoms with Gasteiger partial charge in [0, 0.05) is 43.0 Å². The van der Waals surface area contributed by atoms with Gasteiger partial charge in [-0.05, 0) is 59.6 Å². The van der Waals surface area contributed by atoms with E-state index < -0.39 is 0 Å². The Bertz CT molecular complexity index is 1430. The quantitative estimate of drug-likeness (QED) is 0.340. The number of hydrogen-bond donors (Lipinski definition) is 0. The van der Waals surface area contributed by atoms with Crippen molar-refractivity contribution in [3.63, 3.8) is 0 Å². The number of anilines is 1. The number of aryl methyl sites for hydroxylation is 1. The van der Waals surface area contributed by atoms with Crippen LogP contribution in [0.3, 0.4) is 0 Å². The molecule has 1 unspecified atom stereocenters. The Kier molecular flexibility index (Phi) is 6.16. The third-order valence-corrected chi connectivity index (χ3v) is 8.78. The average molecular weight is 499 g/mol. The monoisotopic (exact) mass is 498 g/mol. The molecule has 0 bridgehead atoms. The van der Waals surface area contributed by atoms with Gasteiger partial charge in [0.25, 0.3) is 5.91 Å². The number of benzene rings is 2. The van der Waals surface area contributed by atoms with Crippen LogP contribution in [0.5, 0.6) is 0 Å². The molecule has 2 aromatic heterocycles. The molecule has 1 amide bonds. The highest BCUT2D eigenvalue weighted by atomic mass is 32.1. The molecule has 1 atom stereocenters. The van der Waals surface area contributed by atoms with E-state index in [-0.39, 0.29) is 5.91 Å². The van der Waals surface area contributed by atoms with Crippen molar-refractivity contribution < 1.29 is 4.79 Å². The molecule has 0 saturated carbocycles. The SMILES string of the molecule is CC(C)Cc1nc(N2CCN(C(=O)c3ccc4ccccc4c3)CC2)c2c3c(sc2n1)CC(C)CC3. The third kappa shape index (κ3) is 4.36. The van der Waals surface area contributed by atoms with Gasteiger partial charge in [0.2, 0.25) is 0 Å². The maximum absolute atomic E-state index is 13.3. The Hall–Kier alpha value is -2.99. The molecule has 4 aromatic rings. The summed E-state index contributed by atoms with van der Waals surface area (Å²) >= 11 is 1.88. The summed E-state index contributed by atoms with van der Waals surface area (Å²) in [7, 11) is 0. The zero-order valence-electron chi connectivity index (χ0n) is 21.5. The fraction of sp³-hybridized carbons (Fsp3) is 0.433. The van der Waals surface area contributed by atoms with Gasteiger partial charge in [-0.15, -0.1) is 11.3 Å². The van der Waals surface area contributed by atoms with Crippen LogP contribution in [0.4, 0.5) is 5.82 Å². The molecule has 5 nitrogen and oxygen atoms in total. The number of carbonyl (C=O) groups is 1. The normalized spacial score (nSPS) is 18.3. The van der Waals surface area contributed by atoms with Crippen molar-refractivity contribution in [1.29, 1.82) is 0 Å². The van der Waals surface area contributed by atoms with Crippen LogP contribution in [0.1, 0.15) is 53.8 Å². The number of fused-ring (bicyclic) bond motifs is 4. The highest BCUT2D eigenvalue weighted by molar-refractivity contribution is 7.19. The van der Waals surface area contributed by atoms with Gasteiger partial charge in [-0.2, -0.15) is 0 Å². The molecule has 1 aliphatic carbocycles. The number of hydrogen-bond acceptors (Lipinski definition) is 5. The molecule has 6 heteroatoms. The first-order chi connectivity index (χ1) is 17.5. The lowest BCUT2D eigenvalue weighted by atomic mass is 9.89. The first-order valence-corrected chi connectivity index (χ1v) is 14.1. The van der Waals surface area contributed by atoms with Gasteiger partial charge >= 0.3 is 0 Å². The van der Waals surface area contributed by atoms with E-state index in [0.717, 1.165) is 71.1 Å². The highest BCUT2D eigenvalue weighted by Gasteiger charge is 2.29. The molecule has 2 aromatic carbocycles. The fourth-order valence-corrected chi connectivity index (χ4v) is 7.07. The molecule has 186 valence electrons. The van der Waals surface area contributed by atoms with E-state index >= 15 is 0 Å². The molecule has 0 spiro atoms. The van der Waals surface area contributed by atoms with E-state index in [0.29, 0.717) is 19.0 Å². The molecule has 0 N–H and O–H groups in total. The Morgan fingerprint density at radius 1 is 1.06 bits per heavy atom. The maximum atomic E-state index is 13.3. The topological polar surface area (TPSA) is 49.3 Å². The molecule has 1 aliphatic heterocycles. The van der Waals surface area contributed by atoms with Gasteiger partial charge in [-0.1, -0.05) is 51.1 Å². The number of thiophene rings is 1. The maximum Gasteiger partial charge on any atom is 0.253 e. The lowest BCUT2D eigenvalue weighted by Crippen LogP contribution is -2.49. The lowest BCUT2D eigenvalue weighted by molar-refractivity contribution is 0.0746. The molecule has 2 aliphatic rings. The second kappa shape index (κ2) is 9.47. The first-order valence-electron chi connectivity index (χ1n) is 13.3. The van der Waals surface area contributed by atoms with Crippen LogP contribution in [-0.4, -0.2) is 47.0 Å². The average Bonchev–Trinajstić information content (AvgIpc) is 3.24. The van der Waals surface area contributed by atoms with Gasteiger partial charge in [-0.3, -0.25) is 4.79 Å². The van der Waals surface area contributed by atoms with Gasteiger partial charge in [0.05, 0.1) is 5.39 Å². The fourth-order valence-electron chi connectivity index (χ4n) is 5.68. The van der Waals surface area contributed by atoms with Crippen LogP contribution in [0.25, 0.3) is 21.0 Å². The Balaban J connectivity index is 1.27. The van der Waals surface area contributed by atoms with E-state index in [1.807, 2.05) is 46.6 Å². The van der Waals surface area contributed by atoms with Crippen LogP contribution in [0, 0.1) is 11.8 Å². The van der Waals surface area contributed by atoms with Crippen molar-refractivity contribution in [3.8, 4) is 0 Å². The van der Waals surface area contributed by atoms with Crippen molar-refractivity contribution in [2.75, 3.05) is 31.1 Å². The summed E-state index contributed by atoms with van der Waals surface area (Å²) in [6.45, 7) is 9.83. The minimum absolute atomic E-state index is 0.121. The van der Waals surface area contributed by atoms with E-state index in [1.165, 1.54) is 22.2 Å². The standard InChI is InChI=1S/C30H34N4OS/c1-19(2)16-26-31-28(27-24-11-8-20(3)17-25(24)36-29(27)32-26)33-12-14-34(15-13-33)30(35)23-10-9-21-6-4-5-7-22(21)18-23/h4-7,9-10,18-20H,8,11-17H2,1-3H3. The Morgan fingerprint density at radius 3 is 2.61 bits per heavy atom. The second-order valence-corrected chi connectivity index (χ2v) is 12.0. The predicted molar refractivity (Wildman–Crippen MR) is 149 cm³/mol. The number of carbonyl (C=O) groups excluding carboxylic acids is 1. The van der Waals surface area contributed by atoms with E-state index in [2.05, 4.69) is 37.8 Å². The summed E-state index contributed by atoms with van der Waals surface area (Å²) in [6, 6.07) is 14.2. The van der Waals surface area contributed by atoms with Crippen molar-refractivity contribution >= 4 is 44.1 Å². The van der Waals surface area contributed by atoms with Gasteiger partial charge in [-0.25, -0.2) is 9.97 Å². The van der Waals surface area contributed by atoms with Crippen LogP contribution in [0.2, 0.25) is 0 Å². The van der Waals surface area contributed by atoms with Crippen LogP contribution < -0.4 is 4.90 Å². The van der Waals surface area contributed by atoms with E-state index in [1.54, 1.807) is 0 Å². The van der Waals surface area contributed by atoms with E-state index in [9.17, 15) is 4.79 Å². The minimum atomic E-state index is 0.121. The molecule has 36 heavy (non-hydrogen) atoms. The zero-order chi connectivity index (χ0) is 24.8. The smallest absolute Gasteiger partial charge is 0.253 e. The molecule has 0 radical (unpaired) electrons. The van der Waals surface area contributed by atoms with Crippen LogP contribution in [-0.2, 0) is 19.3 Å². The van der Waals surface area contributed by atoms with E-state index in [4.69, 9.17) is 9.97 Å². The van der Waals surface area contributed by atoms with Crippen molar-refractivity contribution in [3.05, 3.63) is 64.3 Å². The van der Waals surface area contributed by atoms with Crippen molar-refractivity contribution in [1.82, 2.24) is 14.9 Å². The van der Waals surface area contributed by atoms with Gasteiger partial charge < -0.3 is 9.80 Å². The third-order valence-electron chi connectivity index (χ3n) is 7.64. The van der Waals surface area contributed by atoms with Crippen LogP contribution in [0.15, 0.2) is 42.5 Å². The Labute approximate surface area is 217 Å². The van der Waals surface area contributed by atoms with Gasteiger partial charge in [0.1, 0.15) is 16.5 Å². The number of piperazine rings is 1. The summed E-state index contributed by atoms with van der Waals surface area (Å²) in [5, 5.41) is 3.56. The molecule has 3 heterocycles. The van der Waals surface area contributed by atoms with Crippen LogP contribution >= 0.6 is 11.3 Å². The minimum Gasteiger partial charge on any atom is -0.352 e. The summed E-state index contributed by atoms with van der Waals surface area (Å²) in [6.07, 6.45) is 4.41. The number of amides is 1. The Morgan fingerprint density at radius 2 is 1.83 bits per heavy atom. The van der Waals surface area contributed by atoms with Crippen molar-refractivity contribution in [2.45, 2.75) is 46.5 Å². The summed E-state index contributed by atoms with van der Waals surface area (Å²) in [4.78, 5) is 30.6. The molecule has 6 rings (SSSR count). The number of aromatic nitrogens is 2. The first kappa shape index (κ1) is 23.4. The lowest BCUT2D eigenvalue weighted by Gasteiger charge is -2.36. The summed E-state index contributed by atoms with van der Waals surface area (Å²) < 4.78 is 0. The molecular formula is C30H34N4OS. The molecule has 1 fully saturated rings. The van der Waals surface area contributed by atoms with Crippen molar-refractivity contribution in [2.24, 2.45) is 11.8 Å². The second-order valence-electron chi connectivity index (χ2n) is 10.9. The highest BCUT2D eigenvalue weighted by Crippen LogP contribution is 2.41. The zero-order valence-corrected chi connectivity index (χ0v) is 22.3. The summed E-state index contributed by atoms with van der Waals surface area (Å²) in [5.41, 5.74) is 2.25. The largest absolute Gasteiger partial charge is 0.352 e.